The predicted octanol–water partition coefficient (Wildman–Crippen LogP) is 2.57. The van der Waals surface area contributed by atoms with Gasteiger partial charge in [-0.3, -0.25) is 4.79 Å². The third-order valence-corrected chi connectivity index (χ3v) is 6.25. The summed E-state index contributed by atoms with van der Waals surface area (Å²) in [5.41, 5.74) is 2.99. The quantitative estimate of drug-likeness (QED) is 0.913. The number of carbonyl (C=O) groups excluding carboxylic acids is 1. The molecule has 3 aliphatic carbocycles. The number of hydrogen-bond donors (Lipinski definition) is 1. The molecule has 0 bridgehead atoms. The fourth-order valence-electron chi connectivity index (χ4n) is 4.70. The summed E-state index contributed by atoms with van der Waals surface area (Å²) < 4.78 is 2.17. The number of hydrogen-bond acceptors (Lipinski definition) is 3. The highest BCUT2D eigenvalue weighted by Gasteiger charge is 2.59. The molecule has 2 saturated carbocycles. The second kappa shape index (κ2) is 5.68. The minimum absolute atomic E-state index is 0.118. The average Bonchev–Trinajstić information content (AvgIpc) is 3.55. The number of aromatic nitrogens is 3. The molecule has 5 heteroatoms. The van der Waals surface area contributed by atoms with Crippen LogP contribution in [0.2, 0.25) is 0 Å². The molecule has 1 spiro atoms. The van der Waals surface area contributed by atoms with E-state index in [0.717, 1.165) is 31.5 Å². The second-order valence-electron chi connectivity index (χ2n) is 7.85. The van der Waals surface area contributed by atoms with Gasteiger partial charge in [0.1, 0.15) is 12.2 Å². The number of fused-ring (bicyclic) bond motifs is 2. The van der Waals surface area contributed by atoms with Crippen molar-refractivity contribution in [2.24, 2.45) is 5.92 Å². The van der Waals surface area contributed by atoms with Crippen molar-refractivity contribution >= 4 is 5.91 Å². The van der Waals surface area contributed by atoms with Crippen molar-refractivity contribution in [1.82, 2.24) is 20.1 Å². The number of nitrogens with zero attached hydrogens (tertiary/aromatic N) is 3. The van der Waals surface area contributed by atoms with Crippen LogP contribution in [0.25, 0.3) is 0 Å². The molecule has 2 fully saturated rings. The number of carbonyl (C=O) groups is 1. The lowest BCUT2D eigenvalue weighted by Crippen LogP contribution is -2.31. The van der Waals surface area contributed by atoms with Crippen molar-refractivity contribution in [2.45, 2.75) is 56.4 Å². The van der Waals surface area contributed by atoms with Crippen molar-refractivity contribution in [3.8, 4) is 0 Å². The Labute approximate surface area is 147 Å². The topological polar surface area (TPSA) is 59.8 Å². The van der Waals surface area contributed by atoms with Crippen molar-refractivity contribution in [1.29, 1.82) is 0 Å². The van der Waals surface area contributed by atoms with Gasteiger partial charge in [0.25, 0.3) is 0 Å². The summed E-state index contributed by atoms with van der Waals surface area (Å²) in [6, 6.07) is 9.29. The van der Waals surface area contributed by atoms with Crippen LogP contribution in [0.15, 0.2) is 30.6 Å². The van der Waals surface area contributed by atoms with Crippen LogP contribution in [-0.4, -0.2) is 27.2 Å². The second-order valence-corrected chi connectivity index (χ2v) is 7.85. The molecular weight excluding hydrogens is 312 g/mol. The highest BCUT2D eigenvalue weighted by atomic mass is 16.2. The zero-order chi connectivity index (χ0) is 16.9. The van der Waals surface area contributed by atoms with Gasteiger partial charge in [-0.05, 0) is 49.7 Å². The SMILES string of the molecule is O=C(NCCc1nncn1C1CC1)[C@@H]1C[C@@]12CCCc1ccccc12. The monoisotopic (exact) mass is 336 g/mol. The van der Waals surface area contributed by atoms with Gasteiger partial charge in [-0.1, -0.05) is 24.3 Å². The zero-order valence-corrected chi connectivity index (χ0v) is 14.4. The maximum Gasteiger partial charge on any atom is 0.224 e. The first-order valence-corrected chi connectivity index (χ1v) is 9.52. The Kier molecular flexibility index (Phi) is 3.43. The molecule has 0 radical (unpaired) electrons. The largest absolute Gasteiger partial charge is 0.355 e. The molecule has 1 N–H and O–H groups in total. The van der Waals surface area contributed by atoms with E-state index in [9.17, 15) is 4.79 Å². The van der Waals surface area contributed by atoms with Crippen LogP contribution >= 0.6 is 0 Å². The first-order chi connectivity index (χ1) is 12.3. The smallest absolute Gasteiger partial charge is 0.224 e. The molecule has 1 amide bonds. The number of aryl methyl sites for hydroxylation is 1. The Hall–Kier alpha value is -2.17. The van der Waals surface area contributed by atoms with E-state index in [-0.39, 0.29) is 17.2 Å². The van der Waals surface area contributed by atoms with Crippen molar-refractivity contribution < 1.29 is 4.79 Å². The van der Waals surface area contributed by atoms with E-state index in [0.29, 0.717) is 12.6 Å². The first kappa shape index (κ1) is 15.1. The lowest BCUT2D eigenvalue weighted by atomic mass is 9.78. The molecule has 130 valence electrons. The molecule has 3 aliphatic rings. The molecule has 2 aromatic rings. The molecule has 0 unspecified atom stereocenters. The molecule has 1 heterocycles. The summed E-state index contributed by atoms with van der Waals surface area (Å²) in [6.07, 6.45) is 9.55. The molecule has 0 aliphatic heterocycles. The van der Waals surface area contributed by atoms with E-state index in [2.05, 4.69) is 44.3 Å². The van der Waals surface area contributed by atoms with Gasteiger partial charge in [-0.15, -0.1) is 10.2 Å². The summed E-state index contributed by atoms with van der Waals surface area (Å²) in [4.78, 5) is 12.7. The Morgan fingerprint density at radius 3 is 3.08 bits per heavy atom. The summed E-state index contributed by atoms with van der Waals surface area (Å²) in [5, 5.41) is 11.4. The average molecular weight is 336 g/mol. The molecule has 0 saturated heterocycles. The van der Waals surface area contributed by atoms with Gasteiger partial charge in [0.15, 0.2) is 0 Å². The number of rotatable bonds is 5. The van der Waals surface area contributed by atoms with Gasteiger partial charge in [-0.2, -0.15) is 0 Å². The molecular formula is C20H24N4O. The van der Waals surface area contributed by atoms with Gasteiger partial charge in [-0.25, -0.2) is 0 Å². The predicted molar refractivity (Wildman–Crippen MR) is 94.2 cm³/mol. The van der Waals surface area contributed by atoms with E-state index < -0.39 is 0 Å². The van der Waals surface area contributed by atoms with Crippen molar-refractivity contribution in [2.75, 3.05) is 6.54 Å². The summed E-state index contributed by atoms with van der Waals surface area (Å²) in [6.45, 7) is 0.651. The van der Waals surface area contributed by atoms with Crippen LogP contribution in [0.1, 0.15) is 55.1 Å². The van der Waals surface area contributed by atoms with Crippen LogP contribution in [-0.2, 0) is 23.1 Å². The minimum Gasteiger partial charge on any atom is -0.355 e. The maximum absolute atomic E-state index is 12.7. The van der Waals surface area contributed by atoms with E-state index >= 15 is 0 Å². The van der Waals surface area contributed by atoms with E-state index in [4.69, 9.17) is 0 Å². The van der Waals surface area contributed by atoms with Crippen LogP contribution in [0.4, 0.5) is 0 Å². The number of benzene rings is 1. The summed E-state index contributed by atoms with van der Waals surface area (Å²) >= 11 is 0. The summed E-state index contributed by atoms with van der Waals surface area (Å²) in [5.74, 6) is 1.36. The summed E-state index contributed by atoms with van der Waals surface area (Å²) in [7, 11) is 0. The van der Waals surface area contributed by atoms with Crippen molar-refractivity contribution in [3.63, 3.8) is 0 Å². The molecule has 5 nitrogen and oxygen atoms in total. The molecule has 2 atom stereocenters. The number of nitrogens with one attached hydrogen (secondary N) is 1. The van der Waals surface area contributed by atoms with Gasteiger partial charge < -0.3 is 9.88 Å². The van der Waals surface area contributed by atoms with Gasteiger partial charge in [0.2, 0.25) is 5.91 Å². The van der Waals surface area contributed by atoms with Gasteiger partial charge >= 0.3 is 0 Å². The fraction of sp³-hybridized carbons (Fsp3) is 0.550. The van der Waals surface area contributed by atoms with Crippen LogP contribution in [0, 0.1) is 5.92 Å². The Balaban J connectivity index is 1.21. The minimum atomic E-state index is 0.118. The first-order valence-electron chi connectivity index (χ1n) is 9.52. The Morgan fingerprint density at radius 2 is 2.20 bits per heavy atom. The maximum atomic E-state index is 12.7. The third-order valence-electron chi connectivity index (χ3n) is 6.25. The lowest BCUT2D eigenvalue weighted by Gasteiger charge is -2.26. The van der Waals surface area contributed by atoms with Crippen LogP contribution in [0.5, 0.6) is 0 Å². The molecule has 25 heavy (non-hydrogen) atoms. The van der Waals surface area contributed by atoms with E-state index in [1.54, 1.807) is 0 Å². The third kappa shape index (κ3) is 2.57. The molecule has 1 aromatic heterocycles. The Bertz CT molecular complexity index is 810. The normalized spacial score (nSPS) is 27.1. The van der Waals surface area contributed by atoms with Crippen LogP contribution in [0.3, 0.4) is 0 Å². The van der Waals surface area contributed by atoms with Gasteiger partial charge in [0.05, 0.1) is 0 Å². The lowest BCUT2D eigenvalue weighted by molar-refractivity contribution is -0.122. The highest BCUT2D eigenvalue weighted by molar-refractivity contribution is 5.84. The highest BCUT2D eigenvalue weighted by Crippen LogP contribution is 2.60. The molecule has 5 rings (SSSR count). The Morgan fingerprint density at radius 1 is 1.32 bits per heavy atom. The molecule has 1 aromatic carbocycles. The van der Waals surface area contributed by atoms with Crippen molar-refractivity contribution in [3.05, 3.63) is 47.5 Å². The standard InChI is InChI=1S/C20H24N4O/c25-19(21-11-9-18-23-22-13-24(18)15-7-8-15)17-12-20(17)10-3-5-14-4-1-2-6-16(14)20/h1-2,4,6,13,15,17H,3,5,7-12H2,(H,21,25)/t17-,20+/m0/s1. The van der Waals surface area contributed by atoms with Gasteiger partial charge in [0, 0.05) is 30.3 Å². The van der Waals surface area contributed by atoms with Crippen LogP contribution < -0.4 is 5.32 Å². The zero-order valence-electron chi connectivity index (χ0n) is 14.4. The van der Waals surface area contributed by atoms with E-state index in [1.165, 1.54) is 30.4 Å². The van der Waals surface area contributed by atoms with E-state index in [1.807, 2.05) is 6.33 Å². The number of amides is 1. The fourth-order valence-corrected chi connectivity index (χ4v) is 4.70.